The first-order valence-corrected chi connectivity index (χ1v) is 9.69. The van der Waals surface area contributed by atoms with E-state index in [0.717, 1.165) is 57.8 Å². The van der Waals surface area contributed by atoms with E-state index < -0.39 is 17.4 Å². The van der Waals surface area contributed by atoms with E-state index in [2.05, 4.69) is 6.92 Å². The molecule has 4 rings (SSSR count). The molecule has 4 heteroatoms. The highest BCUT2D eigenvalue weighted by atomic mass is 16.4. The van der Waals surface area contributed by atoms with Crippen LogP contribution in [0.5, 0.6) is 0 Å². The lowest BCUT2D eigenvalue weighted by Crippen LogP contribution is -2.58. The van der Waals surface area contributed by atoms with E-state index in [-0.39, 0.29) is 22.7 Å². The van der Waals surface area contributed by atoms with Crippen molar-refractivity contribution in [3.05, 3.63) is 0 Å². The molecule has 4 aliphatic carbocycles. The van der Waals surface area contributed by atoms with Gasteiger partial charge in [-0.25, -0.2) is 0 Å². The molecular formula is C20H30O4. The number of aliphatic carboxylic acids is 2. The highest BCUT2D eigenvalue weighted by Gasteiger charge is 2.66. The zero-order valence-electron chi connectivity index (χ0n) is 14.9. The van der Waals surface area contributed by atoms with Crippen molar-refractivity contribution in [3.8, 4) is 0 Å². The van der Waals surface area contributed by atoms with Crippen LogP contribution in [-0.2, 0) is 9.59 Å². The van der Waals surface area contributed by atoms with Crippen molar-refractivity contribution in [2.45, 2.75) is 71.6 Å². The summed E-state index contributed by atoms with van der Waals surface area (Å²) in [5, 5.41) is 19.5. The first-order valence-electron chi connectivity index (χ1n) is 9.69. The molecule has 0 heterocycles. The molecule has 4 fully saturated rings. The predicted molar refractivity (Wildman–Crippen MR) is 89.4 cm³/mol. The Bertz CT molecular complexity index is 586. The molecule has 0 aromatic rings. The van der Waals surface area contributed by atoms with Gasteiger partial charge in [-0.2, -0.15) is 0 Å². The van der Waals surface area contributed by atoms with Crippen molar-refractivity contribution < 1.29 is 19.8 Å². The molecule has 0 saturated heterocycles. The van der Waals surface area contributed by atoms with Gasteiger partial charge in [-0.1, -0.05) is 13.3 Å². The molecule has 2 N–H and O–H groups in total. The SMILES string of the molecule is C[C@]12CCC[C@](C)(C(=O)O)[C@H]1CC[C@@]13C[C@H](CC[C@H]12)[C@H](C(=O)O)C3. The quantitative estimate of drug-likeness (QED) is 0.794. The maximum Gasteiger partial charge on any atom is 0.309 e. The first kappa shape index (κ1) is 16.4. The van der Waals surface area contributed by atoms with Crippen molar-refractivity contribution in [3.63, 3.8) is 0 Å². The van der Waals surface area contributed by atoms with E-state index in [1.54, 1.807) is 0 Å². The Kier molecular flexibility index (Phi) is 3.41. The summed E-state index contributed by atoms with van der Waals surface area (Å²) in [5.41, 5.74) is -0.355. The van der Waals surface area contributed by atoms with Crippen LogP contribution in [-0.4, -0.2) is 22.2 Å². The molecule has 134 valence electrons. The smallest absolute Gasteiger partial charge is 0.309 e. The van der Waals surface area contributed by atoms with Crippen LogP contribution < -0.4 is 0 Å². The van der Waals surface area contributed by atoms with Gasteiger partial charge in [-0.3, -0.25) is 9.59 Å². The van der Waals surface area contributed by atoms with Crippen molar-refractivity contribution in [1.29, 1.82) is 0 Å². The topological polar surface area (TPSA) is 74.6 Å². The summed E-state index contributed by atoms with van der Waals surface area (Å²) in [6.07, 6.45) is 8.96. The van der Waals surface area contributed by atoms with Gasteiger partial charge >= 0.3 is 11.9 Å². The van der Waals surface area contributed by atoms with E-state index in [1.807, 2.05) is 6.92 Å². The Morgan fingerprint density at radius 2 is 1.67 bits per heavy atom. The second-order valence-corrected chi connectivity index (χ2v) is 9.78. The zero-order valence-corrected chi connectivity index (χ0v) is 14.9. The van der Waals surface area contributed by atoms with E-state index in [4.69, 9.17) is 0 Å². The molecule has 24 heavy (non-hydrogen) atoms. The molecule has 4 nitrogen and oxygen atoms in total. The number of fused-ring (bicyclic) bond motifs is 3. The summed E-state index contributed by atoms with van der Waals surface area (Å²) < 4.78 is 0. The van der Waals surface area contributed by atoms with Gasteiger partial charge in [0, 0.05) is 0 Å². The zero-order chi connectivity index (χ0) is 17.3. The third kappa shape index (κ3) is 1.91. The minimum absolute atomic E-state index is 0.0714. The fraction of sp³-hybridized carbons (Fsp3) is 0.900. The lowest BCUT2D eigenvalue weighted by molar-refractivity contribution is -0.181. The molecule has 7 atom stereocenters. The molecule has 0 radical (unpaired) electrons. The minimum Gasteiger partial charge on any atom is -0.481 e. The number of hydrogen-bond donors (Lipinski definition) is 2. The average Bonchev–Trinajstić information content (AvgIpc) is 2.78. The van der Waals surface area contributed by atoms with Gasteiger partial charge in [0.2, 0.25) is 0 Å². The van der Waals surface area contributed by atoms with Crippen molar-refractivity contribution in [1.82, 2.24) is 0 Å². The lowest BCUT2D eigenvalue weighted by atomic mass is 9.41. The molecule has 4 saturated carbocycles. The van der Waals surface area contributed by atoms with Crippen molar-refractivity contribution in [2.75, 3.05) is 0 Å². The van der Waals surface area contributed by atoms with Crippen LogP contribution >= 0.6 is 0 Å². The van der Waals surface area contributed by atoms with E-state index in [0.29, 0.717) is 11.8 Å². The molecule has 2 bridgehead atoms. The number of hydrogen-bond acceptors (Lipinski definition) is 2. The first-order chi connectivity index (χ1) is 11.2. The molecular weight excluding hydrogens is 304 g/mol. The van der Waals surface area contributed by atoms with Crippen LogP contribution in [0, 0.1) is 39.9 Å². The standard InChI is InChI=1S/C20H30O4/c1-18-7-3-8-19(2,17(23)24)14(18)6-9-20-10-12(4-5-15(18)20)13(11-20)16(21)22/h12-15H,3-11H2,1-2H3,(H,21,22)(H,23,24)/t12-,13+,14-,15-,18-,19-,20-/m0/s1. The van der Waals surface area contributed by atoms with Gasteiger partial charge in [0.25, 0.3) is 0 Å². The lowest BCUT2D eigenvalue weighted by Gasteiger charge is -2.63. The van der Waals surface area contributed by atoms with Gasteiger partial charge in [0.15, 0.2) is 0 Å². The average molecular weight is 334 g/mol. The predicted octanol–water partition coefficient (Wildman–Crippen LogP) is 4.18. The maximum atomic E-state index is 12.1. The fourth-order valence-corrected chi connectivity index (χ4v) is 7.99. The van der Waals surface area contributed by atoms with E-state index in [1.165, 1.54) is 0 Å². The van der Waals surface area contributed by atoms with Gasteiger partial charge in [0.1, 0.15) is 0 Å². The van der Waals surface area contributed by atoms with Gasteiger partial charge in [-0.05, 0) is 86.9 Å². The second kappa shape index (κ2) is 4.98. The summed E-state index contributed by atoms with van der Waals surface area (Å²) in [4.78, 5) is 23.7. The Morgan fingerprint density at radius 3 is 2.33 bits per heavy atom. The second-order valence-electron chi connectivity index (χ2n) is 9.78. The van der Waals surface area contributed by atoms with Crippen LogP contribution in [0.3, 0.4) is 0 Å². The molecule has 0 amide bonds. The third-order valence-corrected chi connectivity index (χ3v) is 8.94. The Morgan fingerprint density at radius 1 is 0.917 bits per heavy atom. The monoisotopic (exact) mass is 334 g/mol. The Balaban J connectivity index is 1.71. The van der Waals surface area contributed by atoms with Gasteiger partial charge in [-0.15, -0.1) is 0 Å². The summed E-state index contributed by atoms with van der Waals surface area (Å²) in [5.74, 6) is -0.282. The third-order valence-electron chi connectivity index (χ3n) is 8.94. The maximum absolute atomic E-state index is 12.1. The van der Waals surface area contributed by atoms with Crippen molar-refractivity contribution in [2.24, 2.45) is 39.9 Å². The summed E-state index contributed by atoms with van der Waals surface area (Å²) in [6, 6.07) is 0. The number of carboxylic acid groups (broad SMARTS) is 2. The van der Waals surface area contributed by atoms with Crippen LogP contribution in [0.25, 0.3) is 0 Å². The van der Waals surface area contributed by atoms with Crippen molar-refractivity contribution >= 4 is 11.9 Å². The molecule has 4 aliphatic rings. The number of rotatable bonds is 2. The normalized spacial score (nSPS) is 53.1. The molecule has 0 aromatic carbocycles. The Labute approximate surface area is 144 Å². The highest BCUT2D eigenvalue weighted by Crippen LogP contribution is 2.72. The largest absolute Gasteiger partial charge is 0.481 e. The van der Waals surface area contributed by atoms with Gasteiger partial charge in [0.05, 0.1) is 11.3 Å². The number of carbonyl (C=O) groups is 2. The molecule has 0 aromatic heterocycles. The summed E-state index contributed by atoms with van der Waals surface area (Å²) >= 11 is 0. The van der Waals surface area contributed by atoms with Crippen LogP contribution in [0.2, 0.25) is 0 Å². The Hall–Kier alpha value is -1.06. The number of carboxylic acids is 2. The summed E-state index contributed by atoms with van der Waals surface area (Å²) in [6.45, 7) is 4.31. The molecule has 0 unspecified atom stereocenters. The van der Waals surface area contributed by atoms with Gasteiger partial charge < -0.3 is 10.2 Å². The fourth-order valence-electron chi connectivity index (χ4n) is 7.99. The highest BCUT2D eigenvalue weighted by molar-refractivity contribution is 5.75. The van der Waals surface area contributed by atoms with E-state index >= 15 is 0 Å². The minimum atomic E-state index is -0.627. The molecule has 1 spiro atoms. The van der Waals surface area contributed by atoms with E-state index in [9.17, 15) is 19.8 Å². The van der Waals surface area contributed by atoms with Crippen LogP contribution in [0.1, 0.15) is 71.6 Å². The summed E-state index contributed by atoms with van der Waals surface area (Å²) in [7, 11) is 0. The molecule has 0 aliphatic heterocycles. The van der Waals surface area contributed by atoms with Crippen LogP contribution in [0.4, 0.5) is 0 Å². The van der Waals surface area contributed by atoms with Crippen LogP contribution in [0.15, 0.2) is 0 Å².